The van der Waals surface area contributed by atoms with Crippen LogP contribution in [0, 0.1) is 0 Å². The van der Waals surface area contributed by atoms with Crippen molar-refractivity contribution < 1.29 is 18.4 Å². The second-order valence-electron chi connectivity index (χ2n) is 15.0. The molecule has 0 atom stereocenters. The predicted octanol–water partition coefficient (Wildman–Crippen LogP) is 9.80. The van der Waals surface area contributed by atoms with E-state index in [9.17, 15) is 0 Å². The summed E-state index contributed by atoms with van der Waals surface area (Å²) in [5.74, 6) is 1.69. The molecule has 0 N–H and O–H groups in total. The standard InChI is InChI=1S/C44H46N2O2/c1-45(2,3)23-25-47-41-30-42(48-26-24-46(4,5)6)40(44-37-21-13-9-17-33(37)28-34-18-10-14-22-38(34)44)29-39(41)43-35-19-11-7-15-31(35)27-32-16-8-12-20-36(32)43/h7-22,27-30H,23-26H2,1-6H3/q+2. The molecule has 48 heavy (non-hydrogen) atoms. The fraction of sp³-hybridized carbons (Fsp3) is 0.227. The van der Waals surface area contributed by atoms with Crippen molar-refractivity contribution in [2.24, 2.45) is 0 Å². The van der Waals surface area contributed by atoms with Gasteiger partial charge in [-0.25, -0.2) is 0 Å². The topological polar surface area (TPSA) is 18.5 Å². The molecule has 7 aromatic rings. The number of hydrogen-bond acceptors (Lipinski definition) is 2. The predicted molar refractivity (Wildman–Crippen MR) is 204 cm³/mol. The molecule has 0 saturated carbocycles. The van der Waals surface area contributed by atoms with Gasteiger partial charge in [0.2, 0.25) is 0 Å². The maximum Gasteiger partial charge on any atom is 0.137 e. The summed E-state index contributed by atoms with van der Waals surface area (Å²) in [5.41, 5.74) is 4.53. The van der Waals surface area contributed by atoms with Gasteiger partial charge in [0, 0.05) is 28.3 Å². The first-order valence-electron chi connectivity index (χ1n) is 16.9. The highest BCUT2D eigenvalue weighted by Gasteiger charge is 2.23. The Balaban J connectivity index is 1.57. The van der Waals surface area contributed by atoms with Crippen LogP contribution in [0.15, 0.2) is 121 Å². The molecular weight excluding hydrogens is 588 g/mol. The number of quaternary nitrogens is 2. The van der Waals surface area contributed by atoms with Gasteiger partial charge in [-0.15, -0.1) is 0 Å². The van der Waals surface area contributed by atoms with E-state index in [0.29, 0.717) is 13.2 Å². The van der Waals surface area contributed by atoms with E-state index in [1.165, 1.54) is 54.2 Å². The molecule has 0 heterocycles. The van der Waals surface area contributed by atoms with E-state index in [2.05, 4.69) is 164 Å². The van der Waals surface area contributed by atoms with Crippen molar-refractivity contribution in [3.63, 3.8) is 0 Å². The van der Waals surface area contributed by atoms with Gasteiger partial charge in [-0.05, 0) is 61.3 Å². The van der Waals surface area contributed by atoms with E-state index in [1.807, 2.05) is 0 Å². The molecule has 0 bridgehead atoms. The molecule has 0 fully saturated rings. The molecule has 0 radical (unpaired) electrons. The number of nitrogens with zero attached hydrogens (tertiary/aromatic N) is 2. The SMILES string of the molecule is C[N+](C)(C)CCOc1cc(OCC[N+](C)(C)C)c(-c2c3ccccc3cc3ccccc23)cc1-c1c2ccccc2cc2ccccc12. The third kappa shape index (κ3) is 6.47. The Morgan fingerprint density at radius 3 is 1.02 bits per heavy atom. The van der Waals surface area contributed by atoms with E-state index >= 15 is 0 Å². The summed E-state index contributed by atoms with van der Waals surface area (Å²) < 4.78 is 15.3. The Labute approximate surface area is 284 Å². The molecular formula is C44H46N2O2+2. The Morgan fingerprint density at radius 2 is 0.708 bits per heavy atom. The molecule has 0 aliphatic carbocycles. The number of likely N-dealkylation sites (N-methyl/N-ethyl adjacent to an activating group) is 2. The Hall–Kier alpha value is -4.90. The number of fused-ring (bicyclic) bond motifs is 4. The molecule has 0 aromatic heterocycles. The molecule has 4 heteroatoms. The molecule has 0 aliphatic rings. The second kappa shape index (κ2) is 12.6. The first kappa shape index (κ1) is 31.7. The summed E-state index contributed by atoms with van der Waals surface area (Å²) in [4.78, 5) is 0. The van der Waals surface area contributed by atoms with E-state index in [-0.39, 0.29) is 0 Å². The minimum absolute atomic E-state index is 0.591. The van der Waals surface area contributed by atoms with Crippen LogP contribution < -0.4 is 9.47 Å². The normalized spacial score (nSPS) is 12.3. The molecule has 0 amide bonds. The third-order valence-electron chi connectivity index (χ3n) is 9.20. The lowest BCUT2D eigenvalue weighted by Gasteiger charge is -2.26. The molecule has 0 aliphatic heterocycles. The number of hydrogen-bond donors (Lipinski definition) is 0. The maximum atomic E-state index is 6.82. The van der Waals surface area contributed by atoms with Crippen LogP contribution >= 0.6 is 0 Å². The zero-order valence-corrected chi connectivity index (χ0v) is 29.1. The van der Waals surface area contributed by atoms with Gasteiger partial charge in [0.1, 0.15) is 37.8 Å². The zero-order valence-electron chi connectivity index (χ0n) is 29.1. The van der Waals surface area contributed by atoms with Crippen LogP contribution in [-0.4, -0.2) is 77.6 Å². The first-order valence-corrected chi connectivity index (χ1v) is 16.9. The molecule has 4 nitrogen and oxygen atoms in total. The minimum Gasteiger partial charge on any atom is -0.487 e. The van der Waals surface area contributed by atoms with Gasteiger partial charge in [0.25, 0.3) is 0 Å². The van der Waals surface area contributed by atoms with E-state index in [1.54, 1.807) is 0 Å². The van der Waals surface area contributed by atoms with Crippen LogP contribution in [0.1, 0.15) is 0 Å². The highest BCUT2D eigenvalue weighted by atomic mass is 16.5. The van der Waals surface area contributed by atoms with Gasteiger partial charge in [0.05, 0.1) is 42.3 Å². The lowest BCUT2D eigenvalue weighted by Crippen LogP contribution is -2.38. The van der Waals surface area contributed by atoms with Gasteiger partial charge in [-0.3, -0.25) is 0 Å². The Kier molecular flexibility index (Phi) is 8.32. The van der Waals surface area contributed by atoms with Crippen LogP contribution in [0.3, 0.4) is 0 Å². The minimum atomic E-state index is 0.591. The molecule has 242 valence electrons. The van der Waals surface area contributed by atoms with Crippen molar-refractivity contribution in [3.8, 4) is 33.8 Å². The number of ether oxygens (including phenoxy) is 2. The molecule has 7 aromatic carbocycles. The van der Waals surface area contributed by atoms with Crippen LogP contribution in [-0.2, 0) is 0 Å². The van der Waals surface area contributed by atoms with Crippen molar-refractivity contribution in [1.29, 1.82) is 0 Å². The van der Waals surface area contributed by atoms with Crippen LogP contribution in [0.4, 0.5) is 0 Å². The first-order chi connectivity index (χ1) is 23.1. The van der Waals surface area contributed by atoms with Crippen LogP contribution in [0.5, 0.6) is 11.5 Å². The Morgan fingerprint density at radius 1 is 0.396 bits per heavy atom. The van der Waals surface area contributed by atoms with Crippen molar-refractivity contribution in [3.05, 3.63) is 121 Å². The molecule has 7 rings (SSSR count). The van der Waals surface area contributed by atoms with Gasteiger partial charge in [-0.2, -0.15) is 0 Å². The molecule has 0 unspecified atom stereocenters. The summed E-state index contributed by atoms with van der Waals surface area (Å²) in [7, 11) is 13.2. The molecule has 0 saturated heterocycles. The quantitative estimate of drug-likeness (QED) is 0.110. The monoisotopic (exact) mass is 634 g/mol. The van der Waals surface area contributed by atoms with Crippen molar-refractivity contribution in [1.82, 2.24) is 0 Å². The van der Waals surface area contributed by atoms with E-state index < -0.39 is 0 Å². The average Bonchev–Trinajstić information content (AvgIpc) is 3.05. The summed E-state index contributed by atoms with van der Waals surface area (Å²) >= 11 is 0. The van der Waals surface area contributed by atoms with Crippen LogP contribution in [0.25, 0.3) is 65.3 Å². The van der Waals surface area contributed by atoms with Gasteiger partial charge >= 0.3 is 0 Å². The van der Waals surface area contributed by atoms with Gasteiger partial charge in [0.15, 0.2) is 0 Å². The highest BCUT2D eigenvalue weighted by Crippen LogP contribution is 2.48. The largest absolute Gasteiger partial charge is 0.487 e. The van der Waals surface area contributed by atoms with Crippen molar-refractivity contribution in [2.75, 3.05) is 68.6 Å². The average molecular weight is 635 g/mol. The fourth-order valence-corrected chi connectivity index (χ4v) is 6.66. The van der Waals surface area contributed by atoms with Gasteiger partial charge < -0.3 is 18.4 Å². The Bertz CT molecular complexity index is 2010. The maximum absolute atomic E-state index is 6.82. The number of benzene rings is 7. The van der Waals surface area contributed by atoms with Crippen LogP contribution in [0.2, 0.25) is 0 Å². The second-order valence-corrected chi connectivity index (χ2v) is 15.0. The lowest BCUT2D eigenvalue weighted by molar-refractivity contribution is -0.870. The third-order valence-corrected chi connectivity index (χ3v) is 9.20. The van der Waals surface area contributed by atoms with Crippen molar-refractivity contribution >= 4 is 43.1 Å². The molecule has 0 spiro atoms. The van der Waals surface area contributed by atoms with Crippen molar-refractivity contribution in [2.45, 2.75) is 0 Å². The van der Waals surface area contributed by atoms with Gasteiger partial charge in [-0.1, -0.05) is 97.1 Å². The summed E-state index contributed by atoms with van der Waals surface area (Å²) in [6.07, 6.45) is 0. The fourth-order valence-electron chi connectivity index (χ4n) is 6.66. The van der Waals surface area contributed by atoms with E-state index in [4.69, 9.17) is 9.47 Å². The van der Waals surface area contributed by atoms with E-state index in [0.717, 1.165) is 44.7 Å². The zero-order chi connectivity index (χ0) is 33.5. The highest BCUT2D eigenvalue weighted by molar-refractivity contribution is 6.16. The number of rotatable bonds is 10. The lowest BCUT2D eigenvalue weighted by atomic mass is 9.87. The summed E-state index contributed by atoms with van der Waals surface area (Å²) in [6, 6.07) is 44.0. The summed E-state index contributed by atoms with van der Waals surface area (Å²) in [6.45, 7) is 2.94. The smallest absolute Gasteiger partial charge is 0.137 e. The summed E-state index contributed by atoms with van der Waals surface area (Å²) in [5, 5.41) is 9.68.